The molecule has 0 bridgehead atoms. The number of carbonyl (C=O) groups is 2. The minimum Gasteiger partial charge on any atom is -0.478 e. The molecule has 0 aliphatic heterocycles. The fourth-order valence-corrected chi connectivity index (χ4v) is 1.92. The molecule has 2 heterocycles. The molecule has 0 radical (unpaired) electrons. The predicted octanol–water partition coefficient (Wildman–Crippen LogP) is 3.11. The average molecular weight is 297 g/mol. The number of esters is 1. The van der Waals surface area contributed by atoms with Crippen molar-refractivity contribution in [3.05, 3.63) is 78.1 Å². The second-order valence-corrected chi connectivity index (χ2v) is 4.39. The van der Waals surface area contributed by atoms with Gasteiger partial charge in [-0.3, -0.25) is 0 Å². The van der Waals surface area contributed by atoms with E-state index in [0.717, 1.165) is 5.52 Å². The molecule has 22 heavy (non-hydrogen) atoms. The van der Waals surface area contributed by atoms with Gasteiger partial charge in [-0.15, -0.1) is 0 Å². The fourth-order valence-electron chi connectivity index (χ4n) is 1.92. The highest BCUT2D eigenvalue weighted by molar-refractivity contribution is 5.97. The van der Waals surface area contributed by atoms with E-state index in [2.05, 4.69) is 4.74 Å². The topological polar surface area (TPSA) is 68.0 Å². The van der Waals surface area contributed by atoms with Crippen molar-refractivity contribution in [1.82, 2.24) is 4.40 Å². The molecule has 1 N–H and O–H groups in total. The van der Waals surface area contributed by atoms with Crippen LogP contribution in [-0.4, -0.2) is 28.6 Å². The van der Waals surface area contributed by atoms with E-state index in [1.54, 1.807) is 36.4 Å². The molecule has 3 rings (SSSR count). The molecule has 0 amide bonds. The van der Waals surface area contributed by atoms with E-state index >= 15 is 0 Å². The van der Waals surface area contributed by atoms with E-state index in [9.17, 15) is 9.59 Å². The van der Waals surface area contributed by atoms with Crippen molar-refractivity contribution in [3.8, 4) is 0 Å². The first-order valence-electron chi connectivity index (χ1n) is 6.56. The molecule has 0 saturated carbocycles. The molecule has 5 heteroatoms. The number of aromatic carboxylic acids is 1. The Hall–Kier alpha value is -3.08. The summed E-state index contributed by atoms with van der Waals surface area (Å²) in [6, 6.07) is 15.7. The van der Waals surface area contributed by atoms with Gasteiger partial charge in [0.1, 0.15) is 0 Å². The molecular formula is C17H15NO4. The summed E-state index contributed by atoms with van der Waals surface area (Å²) in [7, 11) is 1.38. The first-order valence-corrected chi connectivity index (χ1v) is 6.56. The SMILES string of the molecule is COC(=O)c1ccn2ccccc12.O=C(O)c1ccccc1. The van der Waals surface area contributed by atoms with Gasteiger partial charge in [-0.1, -0.05) is 24.3 Å². The normalized spacial score (nSPS) is 9.68. The Kier molecular flexibility index (Phi) is 4.93. The number of carboxylic acid groups (broad SMARTS) is 1. The van der Waals surface area contributed by atoms with Crippen molar-refractivity contribution in [1.29, 1.82) is 0 Å². The molecule has 0 aliphatic carbocycles. The molecule has 0 fully saturated rings. The summed E-state index contributed by atoms with van der Waals surface area (Å²) in [6.45, 7) is 0. The zero-order valence-electron chi connectivity index (χ0n) is 12.0. The van der Waals surface area contributed by atoms with Gasteiger partial charge in [0, 0.05) is 12.4 Å². The van der Waals surface area contributed by atoms with Crippen LogP contribution < -0.4 is 0 Å². The van der Waals surface area contributed by atoms with E-state index in [1.165, 1.54) is 7.11 Å². The summed E-state index contributed by atoms with van der Waals surface area (Å²) in [5.74, 6) is -1.18. The van der Waals surface area contributed by atoms with Gasteiger partial charge in [0.15, 0.2) is 0 Å². The molecule has 0 saturated heterocycles. The molecule has 0 unspecified atom stereocenters. The quantitative estimate of drug-likeness (QED) is 0.738. The van der Waals surface area contributed by atoms with Crippen LogP contribution in [0.4, 0.5) is 0 Å². The van der Waals surface area contributed by atoms with Crippen molar-refractivity contribution >= 4 is 17.5 Å². The molecule has 3 aromatic rings. The lowest BCUT2D eigenvalue weighted by molar-refractivity contribution is 0.0602. The monoisotopic (exact) mass is 297 g/mol. The highest BCUT2D eigenvalue weighted by Gasteiger charge is 2.09. The number of hydrogen-bond donors (Lipinski definition) is 1. The third-order valence-corrected chi connectivity index (χ3v) is 2.99. The number of benzene rings is 1. The number of hydrogen-bond acceptors (Lipinski definition) is 3. The molecule has 0 atom stereocenters. The van der Waals surface area contributed by atoms with Crippen LogP contribution in [0, 0.1) is 0 Å². The van der Waals surface area contributed by atoms with Crippen LogP contribution in [0.3, 0.4) is 0 Å². The van der Waals surface area contributed by atoms with Gasteiger partial charge in [0.25, 0.3) is 0 Å². The number of carboxylic acids is 1. The molecule has 0 aliphatic rings. The zero-order chi connectivity index (χ0) is 15.9. The summed E-state index contributed by atoms with van der Waals surface area (Å²) in [5.41, 5.74) is 1.80. The number of aromatic nitrogens is 1. The summed E-state index contributed by atoms with van der Waals surface area (Å²) >= 11 is 0. The molecular weight excluding hydrogens is 282 g/mol. The summed E-state index contributed by atoms with van der Waals surface area (Å²) in [4.78, 5) is 21.5. The molecule has 2 aromatic heterocycles. The maximum Gasteiger partial charge on any atom is 0.340 e. The Bertz CT molecular complexity index is 777. The van der Waals surface area contributed by atoms with Crippen molar-refractivity contribution in [2.24, 2.45) is 0 Å². The maximum absolute atomic E-state index is 11.3. The van der Waals surface area contributed by atoms with E-state index in [1.807, 2.05) is 35.0 Å². The van der Waals surface area contributed by atoms with Crippen molar-refractivity contribution in [2.75, 3.05) is 7.11 Å². The summed E-state index contributed by atoms with van der Waals surface area (Å²) in [6.07, 6.45) is 3.73. The third kappa shape index (κ3) is 3.52. The number of nitrogens with zero attached hydrogens (tertiary/aromatic N) is 1. The molecule has 0 spiro atoms. The van der Waals surface area contributed by atoms with Crippen LogP contribution in [0.5, 0.6) is 0 Å². The first-order chi connectivity index (χ1) is 10.6. The molecule has 1 aromatic carbocycles. The van der Waals surface area contributed by atoms with Gasteiger partial charge in [0.05, 0.1) is 23.8 Å². The Balaban J connectivity index is 0.000000172. The Morgan fingerprint density at radius 3 is 2.23 bits per heavy atom. The lowest BCUT2D eigenvalue weighted by Crippen LogP contribution is -1.99. The van der Waals surface area contributed by atoms with E-state index in [-0.39, 0.29) is 5.97 Å². The summed E-state index contributed by atoms with van der Waals surface area (Å²) in [5, 5.41) is 8.38. The largest absolute Gasteiger partial charge is 0.478 e. The van der Waals surface area contributed by atoms with Crippen LogP contribution in [0.1, 0.15) is 20.7 Å². The van der Waals surface area contributed by atoms with Crippen LogP contribution in [0.2, 0.25) is 0 Å². The fraction of sp³-hybridized carbons (Fsp3) is 0.0588. The number of carbonyl (C=O) groups excluding carboxylic acids is 1. The van der Waals surface area contributed by atoms with Crippen molar-refractivity contribution in [2.45, 2.75) is 0 Å². The Morgan fingerprint density at radius 2 is 1.64 bits per heavy atom. The number of rotatable bonds is 2. The van der Waals surface area contributed by atoms with Crippen LogP contribution >= 0.6 is 0 Å². The van der Waals surface area contributed by atoms with Gasteiger partial charge in [-0.05, 0) is 30.3 Å². The van der Waals surface area contributed by atoms with Gasteiger partial charge in [0.2, 0.25) is 0 Å². The second kappa shape index (κ2) is 7.08. The second-order valence-electron chi connectivity index (χ2n) is 4.39. The molecule has 5 nitrogen and oxygen atoms in total. The first kappa shape index (κ1) is 15.3. The zero-order valence-corrected chi connectivity index (χ0v) is 12.0. The van der Waals surface area contributed by atoms with Crippen molar-refractivity contribution in [3.63, 3.8) is 0 Å². The lowest BCUT2D eigenvalue weighted by atomic mass is 10.2. The van der Waals surface area contributed by atoms with Gasteiger partial charge < -0.3 is 14.2 Å². The van der Waals surface area contributed by atoms with Gasteiger partial charge in [-0.2, -0.15) is 0 Å². The van der Waals surface area contributed by atoms with E-state index in [4.69, 9.17) is 5.11 Å². The standard InChI is InChI=1S/C10H9NO2.C7H6O2/c1-13-10(12)8-5-7-11-6-3-2-4-9(8)11;8-7(9)6-4-2-1-3-5-6/h2-7H,1H3;1-5H,(H,8,9). The van der Waals surface area contributed by atoms with Crippen molar-refractivity contribution < 1.29 is 19.4 Å². The Labute approximate surface area is 127 Å². The van der Waals surface area contributed by atoms with Gasteiger partial charge >= 0.3 is 11.9 Å². The third-order valence-electron chi connectivity index (χ3n) is 2.99. The predicted molar refractivity (Wildman–Crippen MR) is 82.1 cm³/mol. The smallest absolute Gasteiger partial charge is 0.340 e. The minimum atomic E-state index is -0.879. The highest BCUT2D eigenvalue weighted by atomic mass is 16.5. The Morgan fingerprint density at radius 1 is 0.955 bits per heavy atom. The average Bonchev–Trinajstić information content (AvgIpc) is 2.99. The number of methoxy groups -OCH3 is 1. The van der Waals surface area contributed by atoms with E-state index < -0.39 is 5.97 Å². The van der Waals surface area contributed by atoms with Crippen LogP contribution in [-0.2, 0) is 4.74 Å². The molecule has 112 valence electrons. The van der Waals surface area contributed by atoms with Crippen LogP contribution in [0.15, 0.2) is 67.0 Å². The van der Waals surface area contributed by atoms with Crippen LogP contribution in [0.25, 0.3) is 5.52 Å². The maximum atomic E-state index is 11.3. The lowest BCUT2D eigenvalue weighted by Gasteiger charge is -1.97. The van der Waals surface area contributed by atoms with Gasteiger partial charge in [-0.25, -0.2) is 9.59 Å². The van der Waals surface area contributed by atoms with E-state index in [0.29, 0.717) is 11.1 Å². The number of ether oxygens (including phenoxy) is 1. The number of fused-ring (bicyclic) bond motifs is 1. The highest BCUT2D eigenvalue weighted by Crippen LogP contribution is 2.12. The summed E-state index contributed by atoms with van der Waals surface area (Å²) < 4.78 is 6.53. The minimum absolute atomic E-state index is 0.297. The number of pyridine rings is 1.